The van der Waals surface area contributed by atoms with Crippen LogP contribution in [0, 0.1) is 5.92 Å². The second-order valence-corrected chi connectivity index (χ2v) is 7.71. The Bertz CT molecular complexity index is 909. The Morgan fingerprint density at radius 1 is 1.07 bits per heavy atom. The zero-order valence-electron chi connectivity index (χ0n) is 16.0. The van der Waals surface area contributed by atoms with E-state index in [4.69, 9.17) is 21.1 Å². The first kappa shape index (κ1) is 19.6. The highest BCUT2D eigenvalue weighted by atomic mass is 35.5. The van der Waals surface area contributed by atoms with E-state index in [1.165, 1.54) is 0 Å². The number of carbonyl (C=O) groups excluding carboxylic acids is 2. The Kier molecular flexibility index (Phi) is 5.90. The molecule has 0 aliphatic carbocycles. The van der Waals surface area contributed by atoms with Gasteiger partial charge in [-0.3, -0.25) is 9.59 Å². The van der Waals surface area contributed by atoms with Gasteiger partial charge in [0.1, 0.15) is 0 Å². The van der Waals surface area contributed by atoms with Crippen molar-refractivity contribution in [2.45, 2.75) is 25.7 Å². The summed E-state index contributed by atoms with van der Waals surface area (Å²) in [4.78, 5) is 27.0. The van der Waals surface area contributed by atoms with Crippen molar-refractivity contribution in [3.8, 4) is 11.5 Å². The number of fused-ring (bicyclic) bond motifs is 1. The van der Waals surface area contributed by atoms with Crippen molar-refractivity contribution >= 4 is 29.1 Å². The topological polar surface area (TPSA) is 67.9 Å². The lowest BCUT2D eigenvalue weighted by atomic mass is 9.95. The van der Waals surface area contributed by atoms with E-state index >= 15 is 0 Å². The summed E-state index contributed by atoms with van der Waals surface area (Å²) < 4.78 is 10.6. The second kappa shape index (κ2) is 8.74. The Hall–Kier alpha value is -2.73. The smallest absolute Gasteiger partial charge is 0.231 e. The average molecular weight is 415 g/mol. The number of hydrogen-bond donors (Lipinski definition) is 1. The van der Waals surface area contributed by atoms with Crippen LogP contribution < -0.4 is 14.8 Å². The van der Waals surface area contributed by atoms with Crippen molar-refractivity contribution in [1.82, 2.24) is 4.90 Å². The minimum absolute atomic E-state index is 0.0213. The quantitative estimate of drug-likeness (QED) is 0.806. The first-order valence-electron chi connectivity index (χ1n) is 9.82. The maximum absolute atomic E-state index is 12.6. The van der Waals surface area contributed by atoms with Gasteiger partial charge >= 0.3 is 0 Å². The molecule has 1 fully saturated rings. The molecule has 0 bridgehead atoms. The van der Waals surface area contributed by atoms with E-state index in [0.29, 0.717) is 61.0 Å². The van der Waals surface area contributed by atoms with Crippen molar-refractivity contribution in [2.75, 3.05) is 25.2 Å². The molecule has 0 spiro atoms. The van der Waals surface area contributed by atoms with Gasteiger partial charge in [-0.1, -0.05) is 29.8 Å². The van der Waals surface area contributed by atoms with E-state index in [1.807, 2.05) is 29.2 Å². The number of aryl methyl sites for hydroxylation is 1. The summed E-state index contributed by atoms with van der Waals surface area (Å²) in [6, 6.07) is 13.0. The third kappa shape index (κ3) is 4.65. The Labute approximate surface area is 174 Å². The zero-order valence-corrected chi connectivity index (χ0v) is 16.8. The van der Waals surface area contributed by atoms with Crippen molar-refractivity contribution in [1.29, 1.82) is 0 Å². The summed E-state index contributed by atoms with van der Waals surface area (Å²) in [5.74, 6) is 1.31. The zero-order chi connectivity index (χ0) is 20.2. The number of anilines is 1. The minimum Gasteiger partial charge on any atom is -0.454 e. The third-order valence-electron chi connectivity index (χ3n) is 5.42. The monoisotopic (exact) mass is 414 g/mol. The molecular formula is C22H23ClN2O4. The van der Waals surface area contributed by atoms with E-state index in [0.717, 1.165) is 5.56 Å². The number of benzene rings is 2. The number of rotatable bonds is 5. The van der Waals surface area contributed by atoms with Crippen molar-refractivity contribution in [3.05, 3.63) is 53.1 Å². The lowest BCUT2D eigenvalue weighted by molar-refractivity contribution is -0.134. The van der Waals surface area contributed by atoms with Gasteiger partial charge < -0.3 is 19.7 Å². The van der Waals surface area contributed by atoms with Crippen LogP contribution in [-0.2, 0) is 16.0 Å². The molecule has 0 aromatic heterocycles. The van der Waals surface area contributed by atoms with Crippen LogP contribution in [0.15, 0.2) is 42.5 Å². The molecule has 2 heterocycles. The Balaban J connectivity index is 1.25. The summed E-state index contributed by atoms with van der Waals surface area (Å²) >= 11 is 6.16. The number of amides is 2. The fraction of sp³-hybridized carbons (Fsp3) is 0.364. The molecule has 29 heavy (non-hydrogen) atoms. The van der Waals surface area contributed by atoms with Gasteiger partial charge in [0.25, 0.3) is 0 Å². The SMILES string of the molecule is O=C(Nc1ccc2c(c1)OCO2)C1CCN(C(=O)CCc2ccccc2Cl)CC1. The molecule has 1 N–H and O–H groups in total. The highest BCUT2D eigenvalue weighted by Crippen LogP contribution is 2.34. The lowest BCUT2D eigenvalue weighted by Crippen LogP contribution is -2.41. The van der Waals surface area contributed by atoms with Gasteiger partial charge in [0.15, 0.2) is 11.5 Å². The number of piperidine rings is 1. The number of likely N-dealkylation sites (tertiary alicyclic amines) is 1. The third-order valence-corrected chi connectivity index (χ3v) is 5.79. The van der Waals surface area contributed by atoms with Crippen LogP contribution in [-0.4, -0.2) is 36.6 Å². The molecule has 6 nitrogen and oxygen atoms in total. The average Bonchev–Trinajstić information content (AvgIpc) is 3.21. The summed E-state index contributed by atoms with van der Waals surface area (Å²) in [6.07, 6.45) is 2.38. The van der Waals surface area contributed by atoms with E-state index in [9.17, 15) is 9.59 Å². The van der Waals surface area contributed by atoms with Crippen LogP contribution in [0.5, 0.6) is 11.5 Å². The van der Waals surface area contributed by atoms with Crippen LogP contribution in [0.25, 0.3) is 0 Å². The minimum atomic E-state index is -0.104. The highest BCUT2D eigenvalue weighted by Gasteiger charge is 2.27. The molecular weight excluding hydrogens is 392 g/mol. The summed E-state index contributed by atoms with van der Waals surface area (Å²) in [5.41, 5.74) is 1.68. The molecule has 0 saturated carbocycles. The van der Waals surface area contributed by atoms with E-state index in [2.05, 4.69) is 5.32 Å². The standard InChI is InChI=1S/C22H23ClN2O4/c23-18-4-2-1-3-15(18)5-8-21(26)25-11-9-16(10-12-25)22(27)24-17-6-7-19-20(13-17)29-14-28-19/h1-4,6-7,13,16H,5,8-12,14H2,(H,24,27). The van der Waals surface area contributed by atoms with Gasteiger partial charge in [-0.15, -0.1) is 0 Å². The van der Waals surface area contributed by atoms with Gasteiger partial charge in [0, 0.05) is 42.2 Å². The highest BCUT2D eigenvalue weighted by molar-refractivity contribution is 6.31. The van der Waals surface area contributed by atoms with Gasteiger partial charge in [0.2, 0.25) is 18.6 Å². The van der Waals surface area contributed by atoms with Crippen molar-refractivity contribution in [2.24, 2.45) is 5.92 Å². The number of nitrogens with zero attached hydrogens (tertiary/aromatic N) is 1. The molecule has 2 amide bonds. The first-order valence-corrected chi connectivity index (χ1v) is 10.2. The predicted molar refractivity (Wildman–Crippen MR) is 110 cm³/mol. The molecule has 2 aromatic rings. The fourth-order valence-electron chi connectivity index (χ4n) is 3.71. The van der Waals surface area contributed by atoms with Crippen LogP contribution in [0.1, 0.15) is 24.8 Å². The number of ether oxygens (including phenoxy) is 2. The summed E-state index contributed by atoms with van der Waals surface area (Å²) in [5, 5.41) is 3.64. The van der Waals surface area contributed by atoms with Crippen LogP contribution in [0.4, 0.5) is 5.69 Å². The van der Waals surface area contributed by atoms with E-state index in [1.54, 1.807) is 18.2 Å². The van der Waals surface area contributed by atoms with Gasteiger partial charge in [-0.25, -0.2) is 0 Å². The number of hydrogen-bond acceptors (Lipinski definition) is 4. The number of carbonyl (C=O) groups is 2. The second-order valence-electron chi connectivity index (χ2n) is 7.30. The normalized spacial score (nSPS) is 16.0. The lowest BCUT2D eigenvalue weighted by Gasteiger charge is -2.31. The van der Waals surface area contributed by atoms with E-state index < -0.39 is 0 Å². The molecule has 2 aliphatic heterocycles. The maximum atomic E-state index is 12.6. The molecule has 0 atom stereocenters. The predicted octanol–water partition coefficient (Wildman–Crippen LogP) is 3.88. The fourth-order valence-corrected chi connectivity index (χ4v) is 3.94. The summed E-state index contributed by atoms with van der Waals surface area (Å²) in [6.45, 7) is 1.40. The first-order chi connectivity index (χ1) is 14.1. The Morgan fingerprint density at radius 3 is 2.62 bits per heavy atom. The molecule has 7 heteroatoms. The number of nitrogens with one attached hydrogen (secondary N) is 1. The summed E-state index contributed by atoms with van der Waals surface area (Å²) in [7, 11) is 0. The van der Waals surface area contributed by atoms with Crippen molar-refractivity contribution in [3.63, 3.8) is 0 Å². The van der Waals surface area contributed by atoms with E-state index in [-0.39, 0.29) is 24.5 Å². The molecule has 4 rings (SSSR count). The van der Waals surface area contributed by atoms with Crippen LogP contribution in [0.2, 0.25) is 5.02 Å². The van der Waals surface area contributed by atoms with Crippen LogP contribution >= 0.6 is 11.6 Å². The Morgan fingerprint density at radius 2 is 1.83 bits per heavy atom. The maximum Gasteiger partial charge on any atom is 0.231 e. The molecule has 0 unspecified atom stereocenters. The van der Waals surface area contributed by atoms with Gasteiger partial charge in [0.05, 0.1) is 0 Å². The number of halogens is 1. The van der Waals surface area contributed by atoms with Gasteiger partial charge in [-0.05, 0) is 43.0 Å². The van der Waals surface area contributed by atoms with Gasteiger partial charge in [-0.2, -0.15) is 0 Å². The van der Waals surface area contributed by atoms with Crippen LogP contribution in [0.3, 0.4) is 0 Å². The molecule has 2 aromatic carbocycles. The largest absolute Gasteiger partial charge is 0.454 e. The molecule has 0 radical (unpaired) electrons. The van der Waals surface area contributed by atoms with Crippen molar-refractivity contribution < 1.29 is 19.1 Å². The molecule has 152 valence electrons. The molecule has 2 aliphatic rings. The molecule has 1 saturated heterocycles.